The fourth-order valence-electron chi connectivity index (χ4n) is 5.32. The zero-order chi connectivity index (χ0) is 36.5. The van der Waals surface area contributed by atoms with E-state index in [1.165, 1.54) is 17.0 Å². The maximum absolute atomic E-state index is 14.7. The van der Waals surface area contributed by atoms with Gasteiger partial charge in [0, 0.05) is 18.9 Å². The number of phenolic OH excluding ortho intramolecular Hbond substituents is 1. The third-order valence-electron chi connectivity index (χ3n) is 7.35. The van der Waals surface area contributed by atoms with Gasteiger partial charge in [0.15, 0.2) is 0 Å². The van der Waals surface area contributed by atoms with Crippen molar-refractivity contribution < 1.29 is 33.8 Å². The second-order valence-corrected chi connectivity index (χ2v) is 14.5. The highest BCUT2D eigenvalue weighted by Gasteiger charge is 2.39. The van der Waals surface area contributed by atoms with Crippen molar-refractivity contribution in [2.75, 3.05) is 0 Å². The van der Waals surface area contributed by atoms with E-state index < -0.39 is 59.2 Å². The van der Waals surface area contributed by atoms with Gasteiger partial charge in [-0.3, -0.25) is 9.59 Å². The number of carbonyl (C=O) groups is 4. The van der Waals surface area contributed by atoms with Gasteiger partial charge in [-0.05, 0) is 91.1 Å². The average Bonchev–Trinajstić information content (AvgIpc) is 2.98. The summed E-state index contributed by atoms with van der Waals surface area (Å²) in [6.45, 7) is 15.9. The van der Waals surface area contributed by atoms with E-state index in [1.807, 2.05) is 49.4 Å². The molecule has 0 saturated carbocycles. The van der Waals surface area contributed by atoms with E-state index >= 15 is 0 Å². The fourth-order valence-corrected chi connectivity index (χ4v) is 5.32. The number of amides is 3. The Kier molecular flexibility index (Phi) is 13.0. The maximum Gasteiger partial charge on any atom is 0.408 e. The summed E-state index contributed by atoms with van der Waals surface area (Å²) in [5, 5.41) is 15.5. The van der Waals surface area contributed by atoms with Crippen LogP contribution < -0.4 is 10.6 Å². The lowest BCUT2D eigenvalue weighted by Crippen LogP contribution is -2.57. The highest BCUT2D eigenvalue weighted by molar-refractivity contribution is 5.94. The first-order valence-corrected chi connectivity index (χ1v) is 16.6. The summed E-state index contributed by atoms with van der Waals surface area (Å²) in [6, 6.07) is 19.0. The van der Waals surface area contributed by atoms with Gasteiger partial charge in [-0.1, -0.05) is 72.3 Å². The molecule has 0 aromatic heterocycles. The van der Waals surface area contributed by atoms with E-state index in [4.69, 9.17) is 9.47 Å². The molecule has 0 spiro atoms. The highest BCUT2D eigenvalue weighted by Crippen LogP contribution is 2.27. The van der Waals surface area contributed by atoms with E-state index in [9.17, 15) is 24.3 Å². The van der Waals surface area contributed by atoms with Gasteiger partial charge in [0.25, 0.3) is 0 Å². The van der Waals surface area contributed by atoms with Gasteiger partial charge >= 0.3 is 12.1 Å². The van der Waals surface area contributed by atoms with Gasteiger partial charge in [-0.2, -0.15) is 0 Å². The molecule has 49 heavy (non-hydrogen) atoms. The van der Waals surface area contributed by atoms with E-state index in [0.717, 1.165) is 11.1 Å². The number of benzene rings is 3. The normalized spacial score (nSPS) is 13.5. The monoisotopic (exact) mass is 673 g/mol. The molecule has 3 atom stereocenters. The van der Waals surface area contributed by atoms with Crippen LogP contribution in [0.2, 0.25) is 0 Å². The summed E-state index contributed by atoms with van der Waals surface area (Å²) in [5.41, 5.74) is 1.25. The zero-order valence-electron chi connectivity index (χ0n) is 30.1. The first kappa shape index (κ1) is 38.6. The first-order chi connectivity index (χ1) is 22.8. The molecule has 3 N–H and O–H groups in total. The highest BCUT2D eigenvalue weighted by atomic mass is 16.6. The van der Waals surface area contributed by atoms with Crippen molar-refractivity contribution in [1.82, 2.24) is 15.5 Å². The molecule has 0 radical (unpaired) electrons. The SMILES string of the molecule is Cc1cccc(C(C(=O)NC(Cc2ccccc2)C(=O)OC(C)(C)C)N(C(=O)C(Cc2ccc(O)cc2)NC(=O)OC(C)(C)C)C(C)C)c1. The minimum Gasteiger partial charge on any atom is -0.508 e. The van der Waals surface area contributed by atoms with Crippen LogP contribution in [0.1, 0.15) is 83.7 Å². The minimum atomic E-state index is -1.18. The number of esters is 1. The standard InChI is InChI=1S/C39H51N3O7/c1-25(2)42(35(45)31(41-37(47)49-39(7,8)9)23-28-18-20-30(43)21-19-28)33(29-17-13-14-26(3)22-29)34(44)40-32(36(46)48-38(4,5)6)24-27-15-11-10-12-16-27/h10-22,25,31-33,43H,23-24H2,1-9H3,(H,40,44)(H,41,47). The van der Waals surface area contributed by atoms with Crippen LogP contribution >= 0.6 is 0 Å². The van der Waals surface area contributed by atoms with E-state index in [1.54, 1.807) is 79.7 Å². The van der Waals surface area contributed by atoms with Crippen molar-refractivity contribution in [3.63, 3.8) is 0 Å². The van der Waals surface area contributed by atoms with Gasteiger partial charge in [-0.15, -0.1) is 0 Å². The molecule has 3 unspecified atom stereocenters. The topological polar surface area (TPSA) is 134 Å². The van der Waals surface area contributed by atoms with Crippen LogP contribution in [0, 0.1) is 6.92 Å². The van der Waals surface area contributed by atoms with Crippen LogP contribution in [0.4, 0.5) is 4.79 Å². The van der Waals surface area contributed by atoms with Gasteiger partial charge in [0.1, 0.15) is 35.1 Å². The second kappa shape index (κ2) is 16.5. The predicted octanol–water partition coefficient (Wildman–Crippen LogP) is 6.18. The minimum absolute atomic E-state index is 0.0538. The molecule has 3 rings (SSSR count). The summed E-state index contributed by atoms with van der Waals surface area (Å²) in [5.74, 6) is -1.67. The molecule has 0 aliphatic heterocycles. The predicted molar refractivity (Wildman–Crippen MR) is 189 cm³/mol. The molecular formula is C39H51N3O7. The number of nitrogens with zero attached hydrogens (tertiary/aromatic N) is 1. The summed E-state index contributed by atoms with van der Waals surface area (Å²) in [4.78, 5) is 57.3. The maximum atomic E-state index is 14.7. The van der Waals surface area contributed by atoms with Crippen molar-refractivity contribution >= 4 is 23.9 Å². The largest absolute Gasteiger partial charge is 0.508 e. The molecule has 3 aromatic carbocycles. The Balaban J connectivity index is 2.09. The Morgan fingerprint density at radius 1 is 0.735 bits per heavy atom. The molecule has 0 fully saturated rings. The molecule has 0 bridgehead atoms. The summed E-state index contributed by atoms with van der Waals surface area (Å²) in [7, 11) is 0. The van der Waals surface area contributed by atoms with Crippen LogP contribution in [-0.4, -0.2) is 63.2 Å². The fraction of sp³-hybridized carbons (Fsp3) is 0.436. The Hall–Kier alpha value is -4.86. The number of hydrogen-bond donors (Lipinski definition) is 3. The Bertz CT molecular complexity index is 1570. The number of aryl methyl sites for hydroxylation is 1. The third-order valence-corrected chi connectivity index (χ3v) is 7.35. The van der Waals surface area contributed by atoms with Crippen molar-refractivity contribution in [1.29, 1.82) is 0 Å². The number of ether oxygens (including phenoxy) is 2. The molecule has 0 saturated heterocycles. The molecule has 0 heterocycles. The summed E-state index contributed by atoms with van der Waals surface area (Å²) < 4.78 is 11.2. The molecule has 0 aliphatic carbocycles. The van der Waals surface area contributed by atoms with Crippen molar-refractivity contribution in [2.45, 2.75) is 111 Å². The molecule has 3 aromatic rings. The molecule has 10 nitrogen and oxygen atoms in total. The summed E-state index contributed by atoms with van der Waals surface area (Å²) in [6.07, 6.45) is -0.572. The Morgan fingerprint density at radius 2 is 1.31 bits per heavy atom. The number of aromatic hydroxyl groups is 1. The zero-order valence-corrected chi connectivity index (χ0v) is 30.1. The lowest BCUT2D eigenvalue weighted by Gasteiger charge is -2.38. The van der Waals surface area contributed by atoms with E-state index in [-0.39, 0.29) is 18.6 Å². The molecule has 264 valence electrons. The van der Waals surface area contributed by atoms with Crippen molar-refractivity contribution in [2.24, 2.45) is 0 Å². The number of carbonyl (C=O) groups excluding carboxylic acids is 4. The first-order valence-electron chi connectivity index (χ1n) is 16.6. The van der Waals surface area contributed by atoms with Gasteiger partial charge in [0.05, 0.1) is 0 Å². The average molecular weight is 674 g/mol. The summed E-state index contributed by atoms with van der Waals surface area (Å²) >= 11 is 0. The van der Waals surface area contributed by atoms with E-state index in [2.05, 4.69) is 10.6 Å². The molecule has 0 aliphatic rings. The Labute approximate surface area is 290 Å². The van der Waals surface area contributed by atoms with Gasteiger partial charge in [0.2, 0.25) is 11.8 Å². The van der Waals surface area contributed by atoms with Crippen molar-refractivity contribution in [3.8, 4) is 5.75 Å². The van der Waals surface area contributed by atoms with Gasteiger partial charge < -0.3 is 30.1 Å². The van der Waals surface area contributed by atoms with Crippen LogP contribution in [-0.2, 0) is 36.7 Å². The number of rotatable bonds is 12. The molecular weight excluding hydrogens is 622 g/mol. The van der Waals surface area contributed by atoms with Gasteiger partial charge in [-0.25, -0.2) is 9.59 Å². The molecule has 10 heteroatoms. The lowest BCUT2D eigenvalue weighted by molar-refractivity contribution is -0.159. The number of hydrogen-bond acceptors (Lipinski definition) is 7. The smallest absolute Gasteiger partial charge is 0.408 e. The molecule has 3 amide bonds. The number of nitrogens with one attached hydrogen (secondary N) is 2. The van der Waals surface area contributed by atoms with Crippen LogP contribution in [0.3, 0.4) is 0 Å². The lowest BCUT2D eigenvalue weighted by atomic mass is 9.97. The van der Waals surface area contributed by atoms with Crippen LogP contribution in [0.15, 0.2) is 78.9 Å². The quantitative estimate of drug-likeness (QED) is 0.196. The number of phenols is 1. The van der Waals surface area contributed by atoms with Crippen molar-refractivity contribution in [3.05, 3.63) is 101 Å². The third kappa shape index (κ3) is 12.3. The second-order valence-electron chi connectivity index (χ2n) is 14.5. The van der Waals surface area contributed by atoms with Crippen LogP contribution in [0.5, 0.6) is 5.75 Å². The van der Waals surface area contributed by atoms with Crippen LogP contribution in [0.25, 0.3) is 0 Å². The number of alkyl carbamates (subject to hydrolysis) is 1. The Morgan fingerprint density at radius 3 is 1.86 bits per heavy atom. The van der Waals surface area contributed by atoms with E-state index in [0.29, 0.717) is 11.1 Å².